The van der Waals surface area contributed by atoms with E-state index in [1.165, 1.54) is 23.5 Å². The molecule has 8 heteroatoms. The van der Waals surface area contributed by atoms with Crippen LogP contribution in [-0.4, -0.2) is 38.5 Å². The predicted molar refractivity (Wildman–Crippen MR) is 121 cm³/mol. The lowest BCUT2D eigenvalue weighted by Crippen LogP contribution is -2.34. The number of nitrogens with one attached hydrogen (secondary N) is 1. The predicted octanol–water partition coefficient (Wildman–Crippen LogP) is 3.33. The second-order valence-corrected chi connectivity index (χ2v) is 7.88. The minimum atomic E-state index is -0.670. The molecule has 2 aromatic heterocycles. The van der Waals surface area contributed by atoms with Gasteiger partial charge in [0.1, 0.15) is 17.8 Å². The average Bonchev–Trinajstić information content (AvgIpc) is 2.81. The third-order valence-electron chi connectivity index (χ3n) is 5.79. The number of carbonyl (C=O) groups excluding carboxylic acids is 1. The number of piperidine rings is 1. The van der Waals surface area contributed by atoms with Crippen LogP contribution in [0.5, 0.6) is 0 Å². The van der Waals surface area contributed by atoms with E-state index >= 15 is 0 Å². The van der Waals surface area contributed by atoms with Crippen molar-refractivity contribution < 1.29 is 4.79 Å². The SMILES string of the molecule is CCc1cccc(NC(=O)C(CC)n2cnc3nc(N4CCCCC4)ncc3c2=O)c1. The quantitative estimate of drug-likeness (QED) is 0.658. The highest BCUT2D eigenvalue weighted by atomic mass is 16.2. The van der Waals surface area contributed by atoms with Crippen molar-refractivity contribution in [1.82, 2.24) is 19.5 Å². The number of hydrogen-bond acceptors (Lipinski definition) is 6. The topological polar surface area (TPSA) is 93.0 Å². The Kier molecular flexibility index (Phi) is 6.25. The number of aryl methyl sites for hydroxylation is 1. The first-order chi connectivity index (χ1) is 15.1. The van der Waals surface area contributed by atoms with Crippen LogP contribution in [0.2, 0.25) is 0 Å². The Labute approximate surface area is 181 Å². The Morgan fingerprint density at radius 2 is 1.97 bits per heavy atom. The number of anilines is 2. The van der Waals surface area contributed by atoms with Crippen molar-refractivity contribution in [3.05, 3.63) is 52.7 Å². The molecule has 31 heavy (non-hydrogen) atoms. The minimum absolute atomic E-state index is 0.246. The summed E-state index contributed by atoms with van der Waals surface area (Å²) in [5.41, 5.74) is 1.92. The molecule has 0 bridgehead atoms. The molecule has 1 saturated heterocycles. The Morgan fingerprint density at radius 3 is 2.71 bits per heavy atom. The van der Waals surface area contributed by atoms with E-state index < -0.39 is 6.04 Å². The van der Waals surface area contributed by atoms with Crippen molar-refractivity contribution in [3.63, 3.8) is 0 Å². The maximum absolute atomic E-state index is 13.1. The third-order valence-corrected chi connectivity index (χ3v) is 5.79. The fourth-order valence-electron chi connectivity index (χ4n) is 3.99. The Hall–Kier alpha value is -3.29. The van der Waals surface area contributed by atoms with Crippen LogP contribution in [0.4, 0.5) is 11.6 Å². The molecule has 3 heterocycles. The first kappa shape index (κ1) is 21.0. The number of nitrogens with zero attached hydrogens (tertiary/aromatic N) is 5. The van der Waals surface area contributed by atoms with Gasteiger partial charge in [-0.2, -0.15) is 4.98 Å². The van der Waals surface area contributed by atoms with Crippen LogP contribution in [0.15, 0.2) is 41.6 Å². The van der Waals surface area contributed by atoms with E-state index in [9.17, 15) is 9.59 Å². The molecule has 0 saturated carbocycles. The molecule has 1 unspecified atom stereocenters. The maximum Gasteiger partial charge on any atom is 0.265 e. The smallest absolute Gasteiger partial charge is 0.265 e. The highest BCUT2D eigenvalue weighted by Crippen LogP contribution is 2.19. The van der Waals surface area contributed by atoms with Gasteiger partial charge in [0.2, 0.25) is 11.9 Å². The monoisotopic (exact) mass is 420 g/mol. The molecule has 1 aliphatic rings. The number of benzene rings is 1. The Balaban J connectivity index is 1.61. The summed E-state index contributed by atoms with van der Waals surface area (Å²) in [5.74, 6) is 0.363. The van der Waals surface area contributed by atoms with E-state index in [2.05, 4.69) is 32.1 Å². The molecular formula is C23H28N6O2. The molecule has 1 amide bonds. The fourth-order valence-corrected chi connectivity index (χ4v) is 3.99. The molecule has 1 aromatic carbocycles. The van der Waals surface area contributed by atoms with Gasteiger partial charge in [0.25, 0.3) is 5.56 Å². The molecule has 8 nitrogen and oxygen atoms in total. The van der Waals surface area contributed by atoms with Crippen LogP contribution in [0.1, 0.15) is 51.1 Å². The van der Waals surface area contributed by atoms with Crippen molar-refractivity contribution >= 4 is 28.6 Å². The van der Waals surface area contributed by atoms with Crippen molar-refractivity contribution in [2.45, 2.75) is 52.0 Å². The van der Waals surface area contributed by atoms with Crippen molar-refractivity contribution in [1.29, 1.82) is 0 Å². The van der Waals surface area contributed by atoms with Crippen LogP contribution in [0, 0.1) is 0 Å². The van der Waals surface area contributed by atoms with Gasteiger partial charge in [-0.05, 0) is 49.8 Å². The maximum atomic E-state index is 13.1. The summed E-state index contributed by atoms with van der Waals surface area (Å²) < 4.78 is 1.38. The van der Waals surface area contributed by atoms with Crippen molar-refractivity contribution in [2.75, 3.05) is 23.3 Å². The molecule has 1 aliphatic heterocycles. The van der Waals surface area contributed by atoms with Gasteiger partial charge < -0.3 is 10.2 Å². The molecule has 1 atom stereocenters. The lowest BCUT2D eigenvalue weighted by Gasteiger charge is -2.26. The summed E-state index contributed by atoms with van der Waals surface area (Å²) in [4.78, 5) is 41.5. The van der Waals surface area contributed by atoms with Crippen LogP contribution in [0.25, 0.3) is 11.0 Å². The van der Waals surface area contributed by atoms with E-state index in [-0.39, 0.29) is 11.5 Å². The van der Waals surface area contributed by atoms with Crippen LogP contribution in [-0.2, 0) is 11.2 Å². The van der Waals surface area contributed by atoms with Gasteiger partial charge in [0.15, 0.2) is 5.65 Å². The van der Waals surface area contributed by atoms with Crippen molar-refractivity contribution in [2.24, 2.45) is 0 Å². The van der Waals surface area contributed by atoms with E-state index in [0.29, 0.717) is 23.4 Å². The third kappa shape index (κ3) is 4.42. The number of fused-ring (bicyclic) bond motifs is 1. The van der Waals surface area contributed by atoms with E-state index in [1.54, 1.807) is 0 Å². The number of aromatic nitrogens is 4. The van der Waals surface area contributed by atoms with Gasteiger partial charge in [0.05, 0.1) is 0 Å². The van der Waals surface area contributed by atoms with E-state index in [1.807, 2.05) is 31.2 Å². The molecular weight excluding hydrogens is 392 g/mol. The van der Waals surface area contributed by atoms with Crippen molar-refractivity contribution in [3.8, 4) is 0 Å². The second kappa shape index (κ2) is 9.24. The van der Waals surface area contributed by atoms with Gasteiger partial charge >= 0.3 is 0 Å². The van der Waals surface area contributed by atoms with Gasteiger partial charge in [0, 0.05) is 25.0 Å². The molecule has 3 aromatic rings. The summed E-state index contributed by atoms with van der Waals surface area (Å²) in [6.45, 7) is 5.77. The Bertz CT molecular complexity index is 1140. The van der Waals surface area contributed by atoms with E-state index in [4.69, 9.17) is 0 Å². The second-order valence-electron chi connectivity index (χ2n) is 7.88. The number of amides is 1. The first-order valence-electron chi connectivity index (χ1n) is 11.0. The number of rotatable bonds is 6. The minimum Gasteiger partial charge on any atom is -0.341 e. The van der Waals surface area contributed by atoms with Gasteiger partial charge in [-0.3, -0.25) is 14.2 Å². The number of hydrogen-bond donors (Lipinski definition) is 1. The largest absolute Gasteiger partial charge is 0.341 e. The zero-order valence-electron chi connectivity index (χ0n) is 18.0. The molecule has 0 aliphatic carbocycles. The standard InChI is InChI=1S/C23H28N6O2/c1-3-16-9-8-10-17(13-16)26-21(30)19(4-2)29-15-25-20-18(22(29)31)14-24-23(27-20)28-11-6-5-7-12-28/h8-10,13-15,19H,3-7,11-12H2,1-2H3,(H,26,30). The van der Waals surface area contributed by atoms with Crippen LogP contribution >= 0.6 is 0 Å². The lowest BCUT2D eigenvalue weighted by molar-refractivity contribution is -0.119. The van der Waals surface area contributed by atoms with Crippen LogP contribution < -0.4 is 15.8 Å². The highest BCUT2D eigenvalue weighted by Gasteiger charge is 2.22. The summed E-state index contributed by atoms with van der Waals surface area (Å²) in [6.07, 6.45) is 7.75. The van der Waals surface area contributed by atoms with Gasteiger partial charge in [-0.15, -0.1) is 0 Å². The summed E-state index contributed by atoms with van der Waals surface area (Å²) >= 11 is 0. The Morgan fingerprint density at radius 1 is 1.16 bits per heavy atom. The lowest BCUT2D eigenvalue weighted by atomic mass is 10.1. The van der Waals surface area contributed by atoms with Crippen LogP contribution in [0.3, 0.4) is 0 Å². The zero-order chi connectivity index (χ0) is 21.8. The highest BCUT2D eigenvalue weighted by molar-refractivity contribution is 5.94. The molecule has 0 radical (unpaired) electrons. The zero-order valence-corrected chi connectivity index (χ0v) is 18.0. The normalized spacial score (nSPS) is 15.1. The molecule has 1 N–H and O–H groups in total. The average molecular weight is 421 g/mol. The molecule has 4 rings (SSSR count). The number of carbonyl (C=O) groups is 1. The molecule has 1 fully saturated rings. The summed E-state index contributed by atoms with van der Waals surface area (Å²) in [6, 6.07) is 7.05. The van der Waals surface area contributed by atoms with E-state index in [0.717, 1.165) is 43.6 Å². The van der Waals surface area contributed by atoms with Gasteiger partial charge in [-0.1, -0.05) is 26.0 Å². The molecule has 0 spiro atoms. The summed E-state index contributed by atoms with van der Waals surface area (Å²) in [7, 11) is 0. The summed E-state index contributed by atoms with van der Waals surface area (Å²) in [5, 5.41) is 3.25. The molecule has 162 valence electrons. The van der Waals surface area contributed by atoms with Gasteiger partial charge in [-0.25, -0.2) is 9.97 Å². The first-order valence-corrected chi connectivity index (χ1v) is 11.0. The fraction of sp³-hybridized carbons (Fsp3) is 0.435.